The van der Waals surface area contributed by atoms with Crippen molar-refractivity contribution in [1.29, 1.82) is 0 Å². The Kier molecular flexibility index (Phi) is 5.79. The van der Waals surface area contributed by atoms with Crippen LogP contribution in [-0.2, 0) is 33.3 Å². The number of hydrogen-bond acceptors (Lipinski definition) is 9. The predicted molar refractivity (Wildman–Crippen MR) is 111 cm³/mol. The van der Waals surface area contributed by atoms with Crippen LogP contribution in [-0.4, -0.2) is 54.5 Å². The number of furan rings is 1. The maximum atomic E-state index is 12.2. The van der Waals surface area contributed by atoms with Crippen LogP contribution >= 0.6 is 0 Å². The first kappa shape index (κ1) is 22.8. The summed E-state index contributed by atoms with van der Waals surface area (Å²) in [5.41, 5.74) is -0.520. The SMILES string of the molecule is CC(=O)O[C@@H]1[C@H](O)[C@H]2[C@H](CCC[C@@]23COCO3)[C@@]2(C[C@@H](c3ccoc3)O[C@H]2OC(C)=O)[C@@H]1C. The van der Waals surface area contributed by atoms with E-state index in [-0.39, 0.29) is 30.7 Å². The lowest BCUT2D eigenvalue weighted by Gasteiger charge is -2.60. The maximum Gasteiger partial charge on any atom is 0.304 e. The van der Waals surface area contributed by atoms with Crippen LogP contribution in [0.5, 0.6) is 0 Å². The molecule has 2 aliphatic heterocycles. The molecule has 1 aromatic heterocycles. The summed E-state index contributed by atoms with van der Waals surface area (Å²) in [6.07, 6.45) is 3.23. The molecule has 0 radical (unpaired) electrons. The lowest BCUT2D eigenvalue weighted by molar-refractivity contribution is -0.275. The van der Waals surface area contributed by atoms with Gasteiger partial charge in [0.25, 0.3) is 0 Å². The minimum absolute atomic E-state index is 0.0917. The Bertz CT molecular complexity index is 877. The number of aliphatic hydroxyl groups excluding tert-OH is 1. The molecule has 9 heteroatoms. The molecule has 0 unspecified atom stereocenters. The van der Waals surface area contributed by atoms with Gasteiger partial charge in [-0.25, -0.2) is 0 Å². The highest BCUT2D eigenvalue weighted by Crippen LogP contribution is 2.66. The average Bonchev–Trinajstić information content (AvgIpc) is 3.50. The summed E-state index contributed by atoms with van der Waals surface area (Å²) in [7, 11) is 0. The Morgan fingerprint density at radius 3 is 2.64 bits per heavy atom. The molecule has 3 heterocycles. The number of carbonyl (C=O) groups is 2. The third-order valence-electron chi connectivity index (χ3n) is 8.42. The molecule has 33 heavy (non-hydrogen) atoms. The largest absolute Gasteiger partial charge is 0.472 e. The van der Waals surface area contributed by atoms with Crippen LogP contribution in [0.3, 0.4) is 0 Å². The number of ether oxygens (including phenoxy) is 5. The zero-order chi connectivity index (χ0) is 23.4. The summed E-state index contributed by atoms with van der Waals surface area (Å²) in [4.78, 5) is 24.2. The monoisotopic (exact) mass is 464 g/mol. The fourth-order valence-electron chi connectivity index (χ4n) is 7.16. The van der Waals surface area contributed by atoms with E-state index in [0.717, 1.165) is 24.8 Å². The number of carbonyl (C=O) groups excluding carboxylic acids is 2. The lowest BCUT2D eigenvalue weighted by atomic mass is 9.47. The first-order chi connectivity index (χ1) is 15.8. The third kappa shape index (κ3) is 3.51. The second kappa shape index (κ2) is 8.37. The Morgan fingerprint density at radius 2 is 2.00 bits per heavy atom. The minimum atomic E-state index is -0.938. The number of fused-ring (bicyclic) bond motifs is 3. The van der Waals surface area contributed by atoms with E-state index in [9.17, 15) is 14.7 Å². The van der Waals surface area contributed by atoms with Gasteiger partial charge in [0.15, 0.2) is 0 Å². The summed E-state index contributed by atoms with van der Waals surface area (Å²) < 4.78 is 35.0. The van der Waals surface area contributed by atoms with E-state index >= 15 is 0 Å². The van der Waals surface area contributed by atoms with Crippen LogP contribution in [0.2, 0.25) is 0 Å². The number of rotatable bonds is 3. The Morgan fingerprint density at radius 1 is 1.21 bits per heavy atom. The Balaban J connectivity index is 1.63. The summed E-state index contributed by atoms with van der Waals surface area (Å²) in [5, 5.41) is 11.6. The third-order valence-corrected chi connectivity index (χ3v) is 8.42. The van der Waals surface area contributed by atoms with Gasteiger partial charge in [0.05, 0.1) is 31.3 Å². The van der Waals surface area contributed by atoms with Crippen molar-refractivity contribution in [2.75, 3.05) is 13.4 Å². The number of hydrogen-bond donors (Lipinski definition) is 1. The molecular weight excluding hydrogens is 432 g/mol. The topological polar surface area (TPSA) is 114 Å². The molecule has 2 spiro atoms. The van der Waals surface area contributed by atoms with Crippen molar-refractivity contribution >= 4 is 11.9 Å². The molecule has 182 valence electrons. The Hall–Kier alpha value is -1.94. The molecule has 0 aromatic carbocycles. The van der Waals surface area contributed by atoms with Gasteiger partial charge in [0.2, 0.25) is 6.29 Å². The summed E-state index contributed by atoms with van der Waals surface area (Å²) in [6.45, 7) is 5.19. The normalized spacial score (nSPS) is 44.7. The van der Waals surface area contributed by atoms with Crippen molar-refractivity contribution in [2.45, 2.75) is 76.7 Å². The molecule has 2 saturated carbocycles. The van der Waals surface area contributed by atoms with Gasteiger partial charge in [0.1, 0.15) is 18.5 Å². The molecule has 1 N–H and O–H groups in total. The van der Waals surface area contributed by atoms with Crippen molar-refractivity contribution in [3.8, 4) is 0 Å². The van der Waals surface area contributed by atoms with Gasteiger partial charge < -0.3 is 33.2 Å². The highest BCUT2D eigenvalue weighted by Gasteiger charge is 2.71. The average molecular weight is 465 g/mol. The maximum absolute atomic E-state index is 12.2. The van der Waals surface area contributed by atoms with E-state index in [0.29, 0.717) is 13.0 Å². The molecule has 5 rings (SSSR count). The van der Waals surface area contributed by atoms with Gasteiger partial charge in [-0.1, -0.05) is 13.3 Å². The molecule has 4 aliphatic rings. The van der Waals surface area contributed by atoms with Gasteiger partial charge >= 0.3 is 11.9 Å². The van der Waals surface area contributed by atoms with Crippen molar-refractivity contribution in [1.82, 2.24) is 0 Å². The standard InChI is InChI=1S/C24H32O9/c1-13-21(31-14(2)25)20(27)19-17(5-4-7-23(19)11-29-12-30-23)24(13)9-18(16-6-8-28-10-16)33-22(24)32-15(3)26/h6,8,10,13,17-22,27H,4-5,7,9,11-12H2,1-3H3/t13-,17+,18+,19-,20-,21+,22-,23-,24-/m1/s1. The van der Waals surface area contributed by atoms with E-state index in [1.54, 1.807) is 12.5 Å². The molecule has 9 nitrogen and oxygen atoms in total. The molecule has 2 saturated heterocycles. The molecule has 4 fully saturated rings. The highest BCUT2D eigenvalue weighted by atomic mass is 16.7. The smallest absolute Gasteiger partial charge is 0.304 e. The van der Waals surface area contributed by atoms with Gasteiger partial charge in [-0.05, 0) is 31.2 Å². The van der Waals surface area contributed by atoms with Crippen LogP contribution < -0.4 is 0 Å². The molecule has 1 aromatic rings. The van der Waals surface area contributed by atoms with E-state index in [1.807, 2.05) is 13.0 Å². The summed E-state index contributed by atoms with van der Waals surface area (Å²) >= 11 is 0. The van der Waals surface area contributed by atoms with Crippen LogP contribution in [0.25, 0.3) is 0 Å². The van der Waals surface area contributed by atoms with Gasteiger partial charge in [-0.3, -0.25) is 9.59 Å². The quantitative estimate of drug-likeness (QED) is 0.675. The van der Waals surface area contributed by atoms with Crippen LogP contribution in [0.15, 0.2) is 23.0 Å². The fourth-order valence-corrected chi connectivity index (χ4v) is 7.16. The number of esters is 2. The van der Waals surface area contributed by atoms with Gasteiger partial charge in [-0.2, -0.15) is 0 Å². The lowest BCUT2D eigenvalue weighted by Crippen LogP contribution is -2.68. The van der Waals surface area contributed by atoms with Crippen molar-refractivity contribution in [2.24, 2.45) is 23.2 Å². The van der Waals surface area contributed by atoms with Crippen molar-refractivity contribution < 1.29 is 42.8 Å². The minimum Gasteiger partial charge on any atom is -0.472 e. The zero-order valence-electron chi connectivity index (χ0n) is 19.2. The van der Waals surface area contributed by atoms with Crippen molar-refractivity contribution in [3.63, 3.8) is 0 Å². The Labute approximate surface area is 192 Å². The molecule has 2 aliphatic carbocycles. The van der Waals surface area contributed by atoms with Crippen molar-refractivity contribution in [3.05, 3.63) is 24.2 Å². The van der Waals surface area contributed by atoms with Crippen LogP contribution in [0, 0.1) is 23.2 Å². The molecule has 0 bridgehead atoms. The molecular formula is C24H32O9. The summed E-state index contributed by atoms with van der Waals surface area (Å²) in [6, 6.07) is 1.84. The van der Waals surface area contributed by atoms with E-state index in [4.69, 9.17) is 28.1 Å². The highest BCUT2D eigenvalue weighted by molar-refractivity contribution is 5.66. The fraction of sp³-hybridized carbons (Fsp3) is 0.750. The second-order valence-electron chi connectivity index (χ2n) is 9.99. The number of aliphatic hydroxyl groups is 1. The molecule has 0 amide bonds. The summed E-state index contributed by atoms with van der Waals surface area (Å²) in [5.74, 6) is -1.71. The van der Waals surface area contributed by atoms with E-state index < -0.39 is 41.5 Å². The van der Waals surface area contributed by atoms with Gasteiger partial charge in [0, 0.05) is 36.7 Å². The van der Waals surface area contributed by atoms with Crippen LogP contribution in [0.1, 0.15) is 58.1 Å². The second-order valence-corrected chi connectivity index (χ2v) is 9.99. The first-order valence-corrected chi connectivity index (χ1v) is 11.7. The van der Waals surface area contributed by atoms with Gasteiger partial charge in [-0.15, -0.1) is 0 Å². The van der Waals surface area contributed by atoms with E-state index in [2.05, 4.69) is 0 Å². The molecule has 9 atom stereocenters. The van der Waals surface area contributed by atoms with E-state index in [1.165, 1.54) is 13.8 Å². The van der Waals surface area contributed by atoms with Crippen LogP contribution in [0.4, 0.5) is 0 Å². The predicted octanol–water partition coefficient (Wildman–Crippen LogP) is 2.72. The zero-order valence-corrected chi connectivity index (χ0v) is 19.2. The first-order valence-electron chi connectivity index (χ1n) is 11.7.